The third kappa shape index (κ3) is 5.41. The van der Waals surface area contributed by atoms with Crippen LogP contribution in [0, 0.1) is 20.8 Å². The van der Waals surface area contributed by atoms with Crippen molar-refractivity contribution in [3.8, 4) is 22.8 Å². The number of likely N-dealkylation sites (N-methyl/N-ethyl adjacent to an activating group) is 2. The van der Waals surface area contributed by atoms with E-state index in [-0.39, 0.29) is 18.3 Å². The molecule has 9 nitrogen and oxygen atoms in total. The Bertz CT molecular complexity index is 1330. The SMILES string of the molecule is COCCOc1ccc2c(c1)N(C)C(=O)[C@@H](N(C)C(=O)c1ncc(C)c(-c3ccc(C)cc3C)n1)CO2. The van der Waals surface area contributed by atoms with Gasteiger partial charge < -0.3 is 24.0 Å². The summed E-state index contributed by atoms with van der Waals surface area (Å²) in [5, 5.41) is 0. The van der Waals surface area contributed by atoms with Crippen LogP contribution in [-0.4, -0.2) is 73.7 Å². The molecule has 0 aliphatic carbocycles. The third-order valence-electron chi connectivity index (χ3n) is 6.45. The molecule has 4 rings (SSSR count). The lowest BCUT2D eigenvalue weighted by atomic mass is 10.0. The molecule has 37 heavy (non-hydrogen) atoms. The van der Waals surface area contributed by atoms with Crippen molar-refractivity contribution in [1.29, 1.82) is 0 Å². The normalized spacial score (nSPS) is 15.0. The summed E-state index contributed by atoms with van der Waals surface area (Å²) in [6.45, 7) is 6.79. The lowest BCUT2D eigenvalue weighted by Crippen LogP contribution is -2.50. The molecular formula is C28H32N4O5. The minimum absolute atomic E-state index is 0.00190. The number of ether oxygens (including phenoxy) is 3. The molecule has 0 saturated carbocycles. The maximum absolute atomic E-state index is 13.5. The predicted molar refractivity (Wildman–Crippen MR) is 140 cm³/mol. The number of amides is 2. The molecule has 0 spiro atoms. The van der Waals surface area contributed by atoms with E-state index in [0.717, 1.165) is 22.3 Å². The topological polar surface area (TPSA) is 94.1 Å². The molecular weight excluding hydrogens is 472 g/mol. The Hall–Kier alpha value is -3.98. The molecule has 2 aromatic carbocycles. The van der Waals surface area contributed by atoms with Gasteiger partial charge in [0.15, 0.2) is 0 Å². The summed E-state index contributed by atoms with van der Waals surface area (Å²) in [5.41, 5.74) is 5.26. The summed E-state index contributed by atoms with van der Waals surface area (Å²) in [4.78, 5) is 38.6. The first kappa shape index (κ1) is 26.1. The molecule has 1 aliphatic heterocycles. The number of hydrogen-bond donors (Lipinski definition) is 0. The van der Waals surface area contributed by atoms with Crippen molar-refractivity contribution < 1.29 is 23.8 Å². The lowest BCUT2D eigenvalue weighted by molar-refractivity contribution is -0.122. The highest BCUT2D eigenvalue weighted by molar-refractivity contribution is 6.02. The Morgan fingerprint density at radius 1 is 1.14 bits per heavy atom. The Morgan fingerprint density at radius 3 is 2.65 bits per heavy atom. The molecule has 0 bridgehead atoms. The zero-order valence-corrected chi connectivity index (χ0v) is 22.1. The van der Waals surface area contributed by atoms with Crippen LogP contribution in [0.1, 0.15) is 27.3 Å². The van der Waals surface area contributed by atoms with Crippen molar-refractivity contribution in [2.75, 3.05) is 45.9 Å². The van der Waals surface area contributed by atoms with E-state index >= 15 is 0 Å². The maximum Gasteiger partial charge on any atom is 0.292 e. The fourth-order valence-corrected chi connectivity index (χ4v) is 4.27. The van der Waals surface area contributed by atoms with Gasteiger partial charge in [-0.2, -0.15) is 0 Å². The van der Waals surface area contributed by atoms with Crippen LogP contribution in [0.2, 0.25) is 0 Å². The lowest BCUT2D eigenvalue weighted by Gasteiger charge is -2.27. The van der Waals surface area contributed by atoms with E-state index in [4.69, 9.17) is 14.2 Å². The summed E-state index contributed by atoms with van der Waals surface area (Å²) in [6.07, 6.45) is 1.64. The van der Waals surface area contributed by atoms with E-state index < -0.39 is 11.9 Å². The number of fused-ring (bicyclic) bond motifs is 1. The highest BCUT2D eigenvalue weighted by Crippen LogP contribution is 2.35. The van der Waals surface area contributed by atoms with Crippen molar-refractivity contribution in [1.82, 2.24) is 14.9 Å². The zero-order chi connectivity index (χ0) is 26.7. The predicted octanol–water partition coefficient (Wildman–Crippen LogP) is 3.59. The molecule has 194 valence electrons. The number of benzene rings is 2. The van der Waals surface area contributed by atoms with Crippen molar-refractivity contribution in [3.63, 3.8) is 0 Å². The van der Waals surface area contributed by atoms with Crippen molar-refractivity contribution in [3.05, 3.63) is 65.1 Å². The highest BCUT2D eigenvalue weighted by atomic mass is 16.5. The number of hydrogen-bond acceptors (Lipinski definition) is 7. The van der Waals surface area contributed by atoms with Gasteiger partial charge in [0.25, 0.3) is 11.8 Å². The Labute approximate surface area is 217 Å². The highest BCUT2D eigenvalue weighted by Gasteiger charge is 2.35. The number of carbonyl (C=O) groups excluding carboxylic acids is 2. The Balaban J connectivity index is 1.57. The van der Waals surface area contributed by atoms with Crippen LogP contribution in [-0.2, 0) is 9.53 Å². The molecule has 1 aliphatic rings. The fraction of sp³-hybridized carbons (Fsp3) is 0.357. The second kappa shape index (κ2) is 11.0. The van der Waals surface area contributed by atoms with Crippen molar-refractivity contribution >= 4 is 17.5 Å². The molecule has 2 amide bonds. The van der Waals surface area contributed by atoms with E-state index in [1.807, 2.05) is 32.9 Å². The minimum atomic E-state index is -0.864. The molecule has 0 N–H and O–H groups in total. The zero-order valence-electron chi connectivity index (χ0n) is 22.1. The van der Waals surface area contributed by atoms with Gasteiger partial charge in [0.05, 0.1) is 18.0 Å². The van der Waals surface area contributed by atoms with Crippen LogP contribution in [0.4, 0.5) is 5.69 Å². The van der Waals surface area contributed by atoms with E-state index in [9.17, 15) is 9.59 Å². The van der Waals surface area contributed by atoms with Gasteiger partial charge in [0, 0.05) is 39.0 Å². The number of aromatic nitrogens is 2. The summed E-state index contributed by atoms with van der Waals surface area (Å²) in [5.74, 6) is 0.395. The summed E-state index contributed by atoms with van der Waals surface area (Å²) >= 11 is 0. The van der Waals surface area contributed by atoms with Gasteiger partial charge in [-0.1, -0.05) is 23.8 Å². The first-order chi connectivity index (χ1) is 17.7. The van der Waals surface area contributed by atoms with Crippen molar-refractivity contribution in [2.24, 2.45) is 0 Å². The number of rotatable bonds is 7. The number of aryl methyl sites for hydroxylation is 3. The second-order valence-electron chi connectivity index (χ2n) is 9.15. The number of carbonyl (C=O) groups is 2. The maximum atomic E-state index is 13.5. The number of nitrogens with zero attached hydrogens (tertiary/aromatic N) is 4. The first-order valence-corrected chi connectivity index (χ1v) is 12.1. The quantitative estimate of drug-likeness (QED) is 0.454. The molecule has 9 heteroatoms. The third-order valence-corrected chi connectivity index (χ3v) is 6.45. The van der Waals surface area contributed by atoms with Crippen LogP contribution in [0.15, 0.2) is 42.6 Å². The Morgan fingerprint density at radius 2 is 1.92 bits per heavy atom. The average Bonchev–Trinajstić information content (AvgIpc) is 3.00. The second-order valence-corrected chi connectivity index (χ2v) is 9.15. The summed E-state index contributed by atoms with van der Waals surface area (Å²) in [6, 6.07) is 10.5. The first-order valence-electron chi connectivity index (χ1n) is 12.1. The number of anilines is 1. The standard InChI is InChI=1S/C28H32N4O5/c1-17-7-9-21(18(2)13-17)25-19(3)15-29-26(30-25)28(34)32(5)23-16-37-24-10-8-20(36-12-11-35-6)14-22(24)31(4)27(23)33/h7-10,13-15,23H,11-12,16H2,1-6H3/t23-/m0/s1. The minimum Gasteiger partial charge on any atom is -0.491 e. The molecule has 1 atom stereocenters. The smallest absolute Gasteiger partial charge is 0.292 e. The van der Waals surface area contributed by atoms with Gasteiger partial charge in [-0.15, -0.1) is 0 Å². The van der Waals surface area contributed by atoms with Gasteiger partial charge >= 0.3 is 0 Å². The van der Waals surface area contributed by atoms with Crippen LogP contribution < -0.4 is 14.4 Å². The molecule has 0 unspecified atom stereocenters. The molecule has 1 aromatic heterocycles. The average molecular weight is 505 g/mol. The van der Waals surface area contributed by atoms with Crippen LogP contribution in [0.25, 0.3) is 11.3 Å². The Kier molecular flexibility index (Phi) is 7.73. The van der Waals surface area contributed by atoms with E-state index in [1.54, 1.807) is 45.6 Å². The van der Waals surface area contributed by atoms with Gasteiger partial charge in [-0.25, -0.2) is 9.97 Å². The summed E-state index contributed by atoms with van der Waals surface area (Å²) in [7, 11) is 4.82. The van der Waals surface area contributed by atoms with Gasteiger partial charge in [-0.3, -0.25) is 9.59 Å². The summed E-state index contributed by atoms with van der Waals surface area (Å²) < 4.78 is 16.7. The van der Waals surface area contributed by atoms with Crippen LogP contribution in [0.3, 0.4) is 0 Å². The van der Waals surface area contributed by atoms with E-state index in [1.165, 1.54) is 9.80 Å². The fourth-order valence-electron chi connectivity index (χ4n) is 4.27. The molecule has 2 heterocycles. The van der Waals surface area contributed by atoms with Gasteiger partial charge in [0.1, 0.15) is 30.8 Å². The number of methoxy groups -OCH3 is 1. The largest absolute Gasteiger partial charge is 0.491 e. The monoisotopic (exact) mass is 504 g/mol. The van der Waals surface area contributed by atoms with Crippen LogP contribution >= 0.6 is 0 Å². The van der Waals surface area contributed by atoms with Crippen molar-refractivity contribution in [2.45, 2.75) is 26.8 Å². The van der Waals surface area contributed by atoms with Gasteiger partial charge in [-0.05, 0) is 44.0 Å². The molecule has 3 aromatic rings. The van der Waals surface area contributed by atoms with Crippen LogP contribution in [0.5, 0.6) is 11.5 Å². The molecule has 0 fully saturated rings. The van der Waals surface area contributed by atoms with E-state index in [0.29, 0.717) is 36.1 Å². The van der Waals surface area contributed by atoms with E-state index in [2.05, 4.69) is 16.0 Å². The molecule has 0 saturated heterocycles. The van der Waals surface area contributed by atoms with Gasteiger partial charge in [0.2, 0.25) is 5.82 Å². The molecule has 0 radical (unpaired) electrons.